The summed E-state index contributed by atoms with van der Waals surface area (Å²) in [4.78, 5) is 15.3. The summed E-state index contributed by atoms with van der Waals surface area (Å²) in [6.45, 7) is 1.81. The monoisotopic (exact) mass is 236 g/mol. The summed E-state index contributed by atoms with van der Waals surface area (Å²) in [5.41, 5.74) is 12.7. The molecule has 1 aromatic rings. The molecule has 0 fully saturated rings. The minimum atomic E-state index is -0.495. The van der Waals surface area contributed by atoms with Crippen molar-refractivity contribution in [2.24, 2.45) is 5.73 Å². The minimum Gasteiger partial charge on any atom is -0.398 e. The van der Waals surface area contributed by atoms with Crippen LogP contribution >= 0.6 is 0 Å². The number of anilines is 2. The Morgan fingerprint density at radius 3 is 2.41 bits per heavy atom. The van der Waals surface area contributed by atoms with Crippen LogP contribution in [-0.4, -0.2) is 45.0 Å². The molecule has 0 saturated heterocycles. The molecule has 1 rings (SSSR count). The molecule has 0 aliphatic carbocycles. The van der Waals surface area contributed by atoms with Crippen LogP contribution in [0.1, 0.15) is 10.4 Å². The first-order valence-electron chi connectivity index (χ1n) is 5.47. The molecule has 0 spiro atoms. The molecule has 1 amide bonds. The Bertz CT molecular complexity index is 403. The van der Waals surface area contributed by atoms with E-state index in [2.05, 4.69) is 9.80 Å². The van der Waals surface area contributed by atoms with Gasteiger partial charge in [-0.3, -0.25) is 4.79 Å². The third kappa shape index (κ3) is 3.64. The average molecular weight is 236 g/mol. The Morgan fingerprint density at radius 2 is 1.88 bits per heavy atom. The Kier molecular flexibility index (Phi) is 4.34. The van der Waals surface area contributed by atoms with E-state index in [0.717, 1.165) is 18.8 Å². The van der Waals surface area contributed by atoms with Gasteiger partial charge in [0.15, 0.2) is 0 Å². The van der Waals surface area contributed by atoms with Gasteiger partial charge in [0.25, 0.3) is 5.91 Å². The summed E-state index contributed by atoms with van der Waals surface area (Å²) in [5.74, 6) is -0.495. The highest BCUT2D eigenvalue weighted by Crippen LogP contribution is 2.19. The number of hydrogen-bond donors (Lipinski definition) is 2. The van der Waals surface area contributed by atoms with Crippen LogP contribution in [0, 0.1) is 0 Å². The normalized spacial score (nSPS) is 10.6. The molecular formula is C12H20N4O. The third-order valence-corrected chi connectivity index (χ3v) is 2.63. The highest BCUT2D eigenvalue weighted by molar-refractivity contribution is 5.99. The Balaban J connectivity index is 2.84. The number of benzene rings is 1. The number of primary amides is 1. The smallest absolute Gasteiger partial charge is 0.250 e. The van der Waals surface area contributed by atoms with Crippen LogP contribution in [0.25, 0.3) is 0 Å². The summed E-state index contributed by atoms with van der Waals surface area (Å²) < 4.78 is 0. The van der Waals surface area contributed by atoms with E-state index < -0.39 is 5.91 Å². The Labute approximate surface area is 102 Å². The van der Waals surface area contributed by atoms with Crippen LogP contribution in [0.15, 0.2) is 18.2 Å². The fourth-order valence-corrected chi connectivity index (χ4v) is 1.47. The number of nitrogens with zero attached hydrogens (tertiary/aromatic N) is 2. The van der Waals surface area contributed by atoms with Gasteiger partial charge in [-0.25, -0.2) is 0 Å². The standard InChI is InChI=1S/C12H20N4O/c1-15(2)6-7-16(3)9-4-5-11(13)10(8-9)12(14)17/h4-5,8H,6-7,13H2,1-3H3,(H2,14,17). The number of carbonyl (C=O) groups is 1. The van der Waals surface area contributed by atoms with E-state index in [4.69, 9.17) is 11.5 Å². The lowest BCUT2D eigenvalue weighted by Gasteiger charge is -2.22. The van der Waals surface area contributed by atoms with Crippen molar-refractivity contribution < 1.29 is 4.79 Å². The molecule has 17 heavy (non-hydrogen) atoms. The number of nitrogen functional groups attached to an aromatic ring is 1. The summed E-state index contributed by atoms with van der Waals surface area (Å²) in [6.07, 6.45) is 0. The molecule has 0 aliphatic rings. The van der Waals surface area contributed by atoms with E-state index in [1.54, 1.807) is 12.1 Å². The molecule has 0 heterocycles. The second-order valence-electron chi connectivity index (χ2n) is 4.36. The predicted octanol–water partition coefficient (Wildman–Crippen LogP) is 0.366. The van der Waals surface area contributed by atoms with Crippen LogP contribution in [-0.2, 0) is 0 Å². The van der Waals surface area contributed by atoms with Gasteiger partial charge in [-0.1, -0.05) is 0 Å². The van der Waals surface area contributed by atoms with E-state index in [9.17, 15) is 4.79 Å². The zero-order valence-corrected chi connectivity index (χ0v) is 10.6. The lowest BCUT2D eigenvalue weighted by molar-refractivity contribution is 0.100. The van der Waals surface area contributed by atoms with Crippen molar-refractivity contribution in [3.8, 4) is 0 Å². The zero-order chi connectivity index (χ0) is 13.0. The van der Waals surface area contributed by atoms with E-state index in [-0.39, 0.29) is 0 Å². The summed E-state index contributed by atoms with van der Waals surface area (Å²) >= 11 is 0. The molecule has 0 unspecified atom stereocenters. The largest absolute Gasteiger partial charge is 0.398 e. The molecule has 94 valence electrons. The van der Waals surface area contributed by atoms with Crippen molar-refractivity contribution in [1.29, 1.82) is 0 Å². The van der Waals surface area contributed by atoms with Gasteiger partial charge >= 0.3 is 0 Å². The number of likely N-dealkylation sites (N-methyl/N-ethyl adjacent to an activating group) is 2. The third-order valence-electron chi connectivity index (χ3n) is 2.63. The number of rotatable bonds is 5. The van der Waals surface area contributed by atoms with Gasteiger partial charge < -0.3 is 21.3 Å². The summed E-state index contributed by atoms with van der Waals surface area (Å²) in [6, 6.07) is 5.33. The van der Waals surface area contributed by atoms with Gasteiger partial charge in [-0.2, -0.15) is 0 Å². The van der Waals surface area contributed by atoms with Crippen LogP contribution < -0.4 is 16.4 Å². The molecule has 4 N–H and O–H groups in total. The fraction of sp³-hybridized carbons (Fsp3) is 0.417. The number of amides is 1. The number of hydrogen-bond acceptors (Lipinski definition) is 4. The first-order valence-corrected chi connectivity index (χ1v) is 5.47. The molecule has 0 radical (unpaired) electrons. The highest BCUT2D eigenvalue weighted by atomic mass is 16.1. The lowest BCUT2D eigenvalue weighted by atomic mass is 10.1. The average Bonchev–Trinajstić information content (AvgIpc) is 2.26. The molecule has 0 saturated carbocycles. The number of nitrogens with two attached hydrogens (primary N) is 2. The predicted molar refractivity (Wildman–Crippen MR) is 71.2 cm³/mol. The maximum atomic E-state index is 11.2. The van der Waals surface area contributed by atoms with Crippen LogP contribution in [0.5, 0.6) is 0 Å². The van der Waals surface area contributed by atoms with E-state index in [1.165, 1.54) is 0 Å². The van der Waals surface area contributed by atoms with Crippen molar-refractivity contribution in [3.05, 3.63) is 23.8 Å². The van der Waals surface area contributed by atoms with Crippen molar-refractivity contribution in [2.75, 3.05) is 44.9 Å². The van der Waals surface area contributed by atoms with Crippen LogP contribution in [0.3, 0.4) is 0 Å². The topological polar surface area (TPSA) is 75.6 Å². The first kappa shape index (κ1) is 13.3. The fourth-order valence-electron chi connectivity index (χ4n) is 1.47. The van der Waals surface area contributed by atoms with E-state index in [0.29, 0.717) is 11.3 Å². The van der Waals surface area contributed by atoms with Crippen molar-refractivity contribution >= 4 is 17.3 Å². The SMILES string of the molecule is CN(C)CCN(C)c1ccc(N)c(C(N)=O)c1. The van der Waals surface area contributed by atoms with Crippen LogP contribution in [0.2, 0.25) is 0 Å². The van der Waals surface area contributed by atoms with Gasteiger partial charge in [0.2, 0.25) is 0 Å². The van der Waals surface area contributed by atoms with Gasteiger partial charge in [0, 0.05) is 31.5 Å². The van der Waals surface area contributed by atoms with Gasteiger partial charge in [-0.05, 0) is 32.3 Å². The van der Waals surface area contributed by atoms with Crippen molar-refractivity contribution in [1.82, 2.24) is 4.90 Å². The molecule has 5 nitrogen and oxygen atoms in total. The van der Waals surface area contributed by atoms with Gasteiger partial charge in [0.1, 0.15) is 0 Å². The Morgan fingerprint density at radius 1 is 1.24 bits per heavy atom. The first-order chi connectivity index (χ1) is 7.91. The van der Waals surface area contributed by atoms with Crippen molar-refractivity contribution in [3.63, 3.8) is 0 Å². The Hall–Kier alpha value is -1.75. The molecule has 0 atom stereocenters. The molecule has 0 aliphatic heterocycles. The maximum Gasteiger partial charge on any atom is 0.250 e. The van der Waals surface area contributed by atoms with Crippen LogP contribution in [0.4, 0.5) is 11.4 Å². The molecule has 0 aromatic heterocycles. The molecule has 0 bridgehead atoms. The minimum absolute atomic E-state index is 0.374. The summed E-state index contributed by atoms with van der Waals surface area (Å²) in [7, 11) is 6.01. The highest BCUT2D eigenvalue weighted by Gasteiger charge is 2.09. The number of carbonyl (C=O) groups excluding carboxylic acids is 1. The quantitative estimate of drug-likeness (QED) is 0.724. The molecule has 1 aromatic carbocycles. The van der Waals surface area contributed by atoms with Crippen molar-refractivity contribution in [2.45, 2.75) is 0 Å². The maximum absolute atomic E-state index is 11.2. The second-order valence-corrected chi connectivity index (χ2v) is 4.36. The second kappa shape index (κ2) is 5.54. The van der Waals surface area contributed by atoms with Gasteiger partial charge in [0.05, 0.1) is 5.56 Å². The van der Waals surface area contributed by atoms with E-state index in [1.807, 2.05) is 27.2 Å². The zero-order valence-electron chi connectivity index (χ0n) is 10.6. The summed E-state index contributed by atoms with van der Waals surface area (Å²) in [5, 5.41) is 0. The molecule has 5 heteroatoms. The molecular weight excluding hydrogens is 216 g/mol. The lowest BCUT2D eigenvalue weighted by Crippen LogP contribution is -2.28. The van der Waals surface area contributed by atoms with E-state index >= 15 is 0 Å². The van der Waals surface area contributed by atoms with Gasteiger partial charge in [-0.15, -0.1) is 0 Å².